The quantitative estimate of drug-likeness (QED) is 0.253. The monoisotopic (exact) mass is 555 g/mol. The summed E-state index contributed by atoms with van der Waals surface area (Å²) in [6.07, 6.45) is 8.93. The number of hydrogen-bond donors (Lipinski definition) is 3. The summed E-state index contributed by atoms with van der Waals surface area (Å²) in [6, 6.07) is 10.7. The average Bonchev–Trinajstić information content (AvgIpc) is 3.22. The van der Waals surface area contributed by atoms with Gasteiger partial charge in [0.15, 0.2) is 11.5 Å². The lowest BCUT2D eigenvalue weighted by Gasteiger charge is -2.32. The SMILES string of the molecule is COc1ccc2c(c1OC)CCC(N)C2CCCCCCNCCc1ccc2[nH]c(=O)sc2c1.Cl.Cl. The molecule has 0 saturated carbocycles. The van der Waals surface area contributed by atoms with Crippen LogP contribution in [0.1, 0.15) is 61.1 Å². The van der Waals surface area contributed by atoms with E-state index in [1.54, 1.807) is 14.2 Å². The van der Waals surface area contributed by atoms with Crippen LogP contribution in [-0.2, 0) is 12.8 Å². The summed E-state index contributed by atoms with van der Waals surface area (Å²) in [5.41, 5.74) is 11.4. The van der Waals surface area contributed by atoms with Gasteiger partial charge in [-0.1, -0.05) is 42.7 Å². The molecule has 9 heteroatoms. The molecule has 4 N–H and O–H groups in total. The van der Waals surface area contributed by atoms with E-state index in [-0.39, 0.29) is 35.7 Å². The van der Waals surface area contributed by atoms with Crippen LogP contribution in [0.5, 0.6) is 11.5 Å². The topological polar surface area (TPSA) is 89.4 Å². The number of fused-ring (bicyclic) bond motifs is 2. The molecule has 2 atom stereocenters. The van der Waals surface area contributed by atoms with E-state index in [0.717, 1.165) is 60.5 Å². The second-order valence-corrected chi connectivity index (χ2v) is 10.2. The first-order chi connectivity index (χ1) is 16.6. The van der Waals surface area contributed by atoms with Crippen molar-refractivity contribution < 1.29 is 9.47 Å². The zero-order valence-electron chi connectivity index (χ0n) is 21.1. The second kappa shape index (κ2) is 14.8. The summed E-state index contributed by atoms with van der Waals surface area (Å²) >= 11 is 1.28. The molecule has 2 aromatic carbocycles. The van der Waals surface area contributed by atoms with E-state index in [9.17, 15) is 4.79 Å². The molecule has 0 bridgehead atoms. The minimum absolute atomic E-state index is 0. The molecule has 1 aliphatic rings. The summed E-state index contributed by atoms with van der Waals surface area (Å²) in [4.78, 5) is 14.3. The number of thiazole rings is 1. The number of hydrogen-bond acceptors (Lipinski definition) is 6. The van der Waals surface area contributed by atoms with Crippen LogP contribution in [0, 0.1) is 0 Å². The van der Waals surface area contributed by atoms with Crippen molar-refractivity contribution >= 4 is 46.4 Å². The van der Waals surface area contributed by atoms with Crippen LogP contribution in [0.25, 0.3) is 10.2 Å². The van der Waals surface area contributed by atoms with Crippen molar-refractivity contribution in [2.45, 2.75) is 63.3 Å². The lowest BCUT2D eigenvalue weighted by Crippen LogP contribution is -2.33. The van der Waals surface area contributed by atoms with Crippen molar-refractivity contribution in [2.24, 2.45) is 5.73 Å². The van der Waals surface area contributed by atoms with Crippen LogP contribution in [-0.4, -0.2) is 38.3 Å². The Hall–Kier alpha value is -1.77. The molecule has 0 radical (unpaired) electrons. The Balaban J connectivity index is 0.00000228. The highest BCUT2D eigenvalue weighted by molar-refractivity contribution is 7.16. The molecule has 0 saturated heterocycles. The minimum atomic E-state index is 0. The Morgan fingerprint density at radius 1 is 1.06 bits per heavy atom. The third-order valence-electron chi connectivity index (χ3n) is 7.02. The first-order valence-corrected chi connectivity index (χ1v) is 13.2. The van der Waals surface area contributed by atoms with Crippen LogP contribution in [0.2, 0.25) is 0 Å². The van der Waals surface area contributed by atoms with Crippen molar-refractivity contribution in [3.8, 4) is 11.5 Å². The highest BCUT2D eigenvalue weighted by Crippen LogP contribution is 2.43. The summed E-state index contributed by atoms with van der Waals surface area (Å²) in [6.45, 7) is 2.01. The standard InChI is InChI=1S/C27H37N3O3S.2ClH/c1-32-24-13-10-19-20(22(28)11-9-21(19)26(24)33-2)7-5-3-4-6-15-29-16-14-18-8-12-23-25(17-18)34-27(31)30-23;;/h8,10,12-13,17,20,22,29H,3-7,9,11,14-16,28H2,1-2H3,(H,30,31);2*1H. The number of benzene rings is 2. The zero-order chi connectivity index (χ0) is 23.9. The molecule has 36 heavy (non-hydrogen) atoms. The number of H-pyrrole nitrogens is 1. The van der Waals surface area contributed by atoms with Crippen LogP contribution < -0.4 is 25.4 Å². The molecule has 1 aliphatic carbocycles. The molecule has 0 spiro atoms. The maximum absolute atomic E-state index is 11.5. The predicted molar refractivity (Wildman–Crippen MR) is 155 cm³/mol. The number of nitrogens with two attached hydrogens (primary N) is 1. The number of ether oxygens (including phenoxy) is 2. The molecule has 3 aromatic rings. The summed E-state index contributed by atoms with van der Waals surface area (Å²) in [5.74, 6) is 2.09. The van der Waals surface area contributed by atoms with E-state index in [1.807, 2.05) is 12.1 Å². The smallest absolute Gasteiger partial charge is 0.305 e. The molecular weight excluding hydrogens is 517 g/mol. The fraction of sp³-hybridized carbons (Fsp3) is 0.519. The second-order valence-electron chi connectivity index (χ2n) is 9.23. The highest BCUT2D eigenvalue weighted by atomic mass is 35.5. The van der Waals surface area contributed by atoms with Gasteiger partial charge in [0, 0.05) is 11.6 Å². The van der Waals surface area contributed by atoms with Gasteiger partial charge in [0.05, 0.1) is 24.4 Å². The Labute approximate surface area is 230 Å². The van der Waals surface area contributed by atoms with E-state index in [1.165, 1.54) is 53.7 Å². The minimum Gasteiger partial charge on any atom is -0.493 e. The summed E-state index contributed by atoms with van der Waals surface area (Å²) < 4.78 is 12.2. The molecule has 0 amide bonds. The maximum Gasteiger partial charge on any atom is 0.305 e. The Morgan fingerprint density at radius 2 is 1.86 bits per heavy atom. The van der Waals surface area contributed by atoms with E-state index in [4.69, 9.17) is 15.2 Å². The number of unbranched alkanes of at least 4 members (excludes halogenated alkanes) is 3. The van der Waals surface area contributed by atoms with Gasteiger partial charge in [-0.15, -0.1) is 24.8 Å². The first-order valence-electron chi connectivity index (χ1n) is 12.4. The van der Waals surface area contributed by atoms with Gasteiger partial charge in [0.25, 0.3) is 0 Å². The van der Waals surface area contributed by atoms with Gasteiger partial charge < -0.3 is 25.5 Å². The Bertz CT molecular complexity index is 1150. The third kappa shape index (κ3) is 7.39. The van der Waals surface area contributed by atoms with Crippen molar-refractivity contribution in [2.75, 3.05) is 27.3 Å². The van der Waals surface area contributed by atoms with Crippen LogP contribution in [0.15, 0.2) is 35.1 Å². The molecule has 200 valence electrons. The van der Waals surface area contributed by atoms with Crippen LogP contribution in [0.3, 0.4) is 0 Å². The van der Waals surface area contributed by atoms with Gasteiger partial charge in [0.1, 0.15) is 0 Å². The number of nitrogens with one attached hydrogen (secondary N) is 2. The third-order valence-corrected chi connectivity index (χ3v) is 7.87. The molecule has 0 fully saturated rings. The van der Waals surface area contributed by atoms with E-state index in [2.05, 4.69) is 28.5 Å². The number of methoxy groups -OCH3 is 2. The number of aromatic amines is 1. The molecule has 1 aromatic heterocycles. The van der Waals surface area contributed by atoms with Crippen LogP contribution >= 0.6 is 36.2 Å². The Kier molecular flexibility index (Phi) is 12.6. The fourth-order valence-corrected chi connectivity index (χ4v) is 5.99. The van der Waals surface area contributed by atoms with E-state index >= 15 is 0 Å². The molecule has 0 aliphatic heterocycles. The molecule has 1 heterocycles. The first kappa shape index (κ1) is 30.5. The van der Waals surface area contributed by atoms with Crippen LogP contribution in [0.4, 0.5) is 0 Å². The summed E-state index contributed by atoms with van der Waals surface area (Å²) in [7, 11) is 3.42. The molecule has 4 rings (SSSR count). The highest BCUT2D eigenvalue weighted by Gasteiger charge is 2.29. The number of halogens is 2. The fourth-order valence-electron chi connectivity index (χ4n) is 5.19. The summed E-state index contributed by atoms with van der Waals surface area (Å²) in [5, 5.41) is 3.56. The number of rotatable bonds is 12. The largest absolute Gasteiger partial charge is 0.493 e. The van der Waals surface area contributed by atoms with Gasteiger partial charge in [-0.05, 0) is 80.4 Å². The molecule has 2 unspecified atom stereocenters. The van der Waals surface area contributed by atoms with Crippen molar-refractivity contribution in [1.29, 1.82) is 0 Å². The maximum atomic E-state index is 11.5. The van der Waals surface area contributed by atoms with Crippen molar-refractivity contribution in [3.63, 3.8) is 0 Å². The van der Waals surface area contributed by atoms with Gasteiger partial charge in [0.2, 0.25) is 0 Å². The Morgan fingerprint density at radius 3 is 2.64 bits per heavy atom. The number of aromatic nitrogens is 1. The van der Waals surface area contributed by atoms with Crippen molar-refractivity contribution in [3.05, 3.63) is 56.7 Å². The zero-order valence-corrected chi connectivity index (χ0v) is 23.6. The molecule has 6 nitrogen and oxygen atoms in total. The average molecular weight is 557 g/mol. The van der Waals surface area contributed by atoms with E-state index in [0.29, 0.717) is 5.92 Å². The lowest BCUT2D eigenvalue weighted by atomic mass is 9.76. The molecular formula is C27H39Cl2N3O3S. The normalized spacial score (nSPS) is 16.6. The van der Waals surface area contributed by atoms with Gasteiger partial charge in [-0.25, -0.2) is 0 Å². The van der Waals surface area contributed by atoms with Gasteiger partial charge in [-0.2, -0.15) is 0 Å². The van der Waals surface area contributed by atoms with Gasteiger partial charge in [-0.3, -0.25) is 4.79 Å². The van der Waals surface area contributed by atoms with Gasteiger partial charge >= 0.3 is 4.87 Å². The lowest BCUT2D eigenvalue weighted by molar-refractivity contribution is 0.343. The van der Waals surface area contributed by atoms with Crippen molar-refractivity contribution in [1.82, 2.24) is 10.3 Å². The van der Waals surface area contributed by atoms with E-state index < -0.39 is 0 Å². The predicted octanol–water partition coefficient (Wildman–Crippen LogP) is 5.59.